The summed E-state index contributed by atoms with van der Waals surface area (Å²) in [6.45, 7) is 18.1. The average Bonchev–Trinajstić information content (AvgIpc) is 3.71. The number of piperazine rings is 1. The SMILES string of the molecule is CCOc1ccc(Nc2ccc([N+](=O)[O-])cc2S(=O)(=O)N(CC)CC)cc1.Cc1cc(C)c(C)c(S(=O)(=O)N2CCN(C(C)C(=O)CCc3ccc4c(c3)OCO4)CC2)c1C. The van der Waals surface area contributed by atoms with E-state index in [0.29, 0.717) is 62.0 Å². The Morgan fingerprint density at radius 2 is 1.48 bits per heavy atom. The molecule has 330 valence electrons. The molecule has 0 amide bonds. The first-order valence-corrected chi connectivity index (χ1v) is 23.3. The van der Waals surface area contributed by atoms with Gasteiger partial charge in [0.15, 0.2) is 11.5 Å². The van der Waals surface area contributed by atoms with Crippen molar-refractivity contribution in [3.63, 3.8) is 0 Å². The molecule has 17 heteroatoms. The van der Waals surface area contributed by atoms with E-state index in [4.69, 9.17) is 14.2 Å². The number of carbonyl (C=O) groups is 1. The molecule has 2 aliphatic heterocycles. The smallest absolute Gasteiger partial charge is 0.270 e. The van der Waals surface area contributed by atoms with Gasteiger partial charge in [0.25, 0.3) is 5.69 Å². The van der Waals surface area contributed by atoms with Crippen LogP contribution in [0.25, 0.3) is 0 Å². The summed E-state index contributed by atoms with van der Waals surface area (Å²) in [5.74, 6) is 2.32. The molecule has 4 aromatic carbocycles. The van der Waals surface area contributed by atoms with Crippen molar-refractivity contribution in [3.8, 4) is 17.2 Å². The zero-order valence-electron chi connectivity index (χ0n) is 36.2. The van der Waals surface area contributed by atoms with Crippen molar-refractivity contribution >= 4 is 42.9 Å². The number of sulfonamides is 2. The molecule has 1 unspecified atom stereocenters. The van der Waals surface area contributed by atoms with Crippen molar-refractivity contribution in [1.29, 1.82) is 0 Å². The van der Waals surface area contributed by atoms with E-state index in [1.807, 2.05) is 65.8 Å². The van der Waals surface area contributed by atoms with Crippen LogP contribution in [-0.2, 0) is 31.3 Å². The van der Waals surface area contributed by atoms with E-state index in [-0.39, 0.29) is 48.0 Å². The van der Waals surface area contributed by atoms with Gasteiger partial charge in [-0.05, 0) is 118 Å². The molecule has 0 spiro atoms. The van der Waals surface area contributed by atoms with Crippen LogP contribution in [0.15, 0.2) is 76.5 Å². The van der Waals surface area contributed by atoms with E-state index in [1.165, 1.54) is 16.4 Å². The largest absolute Gasteiger partial charge is 0.494 e. The van der Waals surface area contributed by atoms with Crippen molar-refractivity contribution in [1.82, 2.24) is 13.5 Å². The molecule has 6 rings (SSSR count). The number of nitrogens with one attached hydrogen (secondary N) is 1. The van der Waals surface area contributed by atoms with E-state index in [9.17, 15) is 31.7 Å². The molecule has 0 bridgehead atoms. The molecule has 2 heterocycles. The zero-order valence-corrected chi connectivity index (χ0v) is 37.8. The Hall–Kier alpha value is -5.07. The van der Waals surface area contributed by atoms with E-state index < -0.39 is 25.0 Å². The lowest BCUT2D eigenvalue weighted by molar-refractivity contribution is -0.385. The van der Waals surface area contributed by atoms with Crippen molar-refractivity contribution < 1.29 is 40.8 Å². The number of anilines is 2. The lowest BCUT2D eigenvalue weighted by Crippen LogP contribution is -2.53. The molecular formula is C44H57N5O10S2. The summed E-state index contributed by atoms with van der Waals surface area (Å²) in [6.07, 6.45) is 1.07. The summed E-state index contributed by atoms with van der Waals surface area (Å²) in [4.78, 5) is 25.8. The molecule has 0 aromatic heterocycles. The third-order valence-electron chi connectivity index (χ3n) is 11.2. The van der Waals surface area contributed by atoms with Crippen LogP contribution in [0.4, 0.5) is 17.1 Å². The average molecular weight is 880 g/mol. The number of Topliss-reactive ketones (excluding diaryl/α,β-unsaturated/α-hetero) is 1. The Labute approximate surface area is 359 Å². The van der Waals surface area contributed by atoms with Gasteiger partial charge in [0.2, 0.25) is 26.8 Å². The first kappa shape index (κ1) is 47.0. The van der Waals surface area contributed by atoms with Gasteiger partial charge in [0.05, 0.1) is 28.2 Å². The molecule has 0 radical (unpaired) electrons. The van der Waals surface area contributed by atoms with Gasteiger partial charge >= 0.3 is 0 Å². The highest BCUT2D eigenvalue weighted by Crippen LogP contribution is 2.34. The molecule has 4 aromatic rings. The van der Waals surface area contributed by atoms with Gasteiger partial charge in [-0.3, -0.25) is 19.8 Å². The molecule has 1 atom stereocenters. The third kappa shape index (κ3) is 10.9. The number of nitro groups is 1. The fourth-order valence-electron chi connectivity index (χ4n) is 7.40. The van der Waals surface area contributed by atoms with Gasteiger partial charge in [-0.1, -0.05) is 26.0 Å². The summed E-state index contributed by atoms with van der Waals surface area (Å²) in [5.41, 5.74) is 5.29. The van der Waals surface area contributed by atoms with Crippen molar-refractivity contribution in [2.75, 3.05) is 58.0 Å². The molecule has 0 saturated carbocycles. The van der Waals surface area contributed by atoms with Crippen LogP contribution in [0.3, 0.4) is 0 Å². The second-order valence-electron chi connectivity index (χ2n) is 15.0. The lowest BCUT2D eigenvalue weighted by atomic mass is 10.0. The Bertz CT molecular complexity index is 2410. The van der Waals surface area contributed by atoms with Crippen LogP contribution >= 0.6 is 0 Å². The Kier molecular flexibility index (Phi) is 15.6. The van der Waals surface area contributed by atoms with Crippen LogP contribution in [-0.4, -0.2) is 99.8 Å². The van der Waals surface area contributed by atoms with E-state index in [0.717, 1.165) is 45.4 Å². The van der Waals surface area contributed by atoms with Gasteiger partial charge < -0.3 is 19.5 Å². The standard InChI is InChI=1S/C26H34N2O5S.C18H23N3O5S/c1-17-14-18(2)20(4)26(19(17)3)34(30,31)28-12-10-27(11-13-28)21(5)23(29)8-6-22-7-9-24-25(15-22)33-16-32-24;1-4-20(5-2)27(24,25)18-13-15(21(22)23)9-12-17(18)19-14-7-10-16(11-8-14)26-6-3/h7,9,14-15,21H,6,8,10-13,16H2,1-5H3;7-13,19H,4-6H2,1-3H3. The van der Waals surface area contributed by atoms with Gasteiger partial charge in [0, 0.05) is 63.5 Å². The second kappa shape index (κ2) is 20.2. The summed E-state index contributed by atoms with van der Waals surface area (Å²) >= 11 is 0. The molecule has 1 fully saturated rings. The fraction of sp³-hybridized carbons (Fsp3) is 0.432. The topological polar surface area (TPSA) is 178 Å². The Morgan fingerprint density at radius 1 is 0.852 bits per heavy atom. The van der Waals surface area contributed by atoms with E-state index >= 15 is 0 Å². The molecular weight excluding hydrogens is 823 g/mol. The quantitative estimate of drug-likeness (QED) is 0.0878. The minimum Gasteiger partial charge on any atom is -0.494 e. The Morgan fingerprint density at radius 3 is 2.07 bits per heavy atom. The predicted octanol–water partition coefficient (Wildman–Crippen LogP) is 7.31. The van der Waals surface area contributed by atoms with E-state index in [2.05, 4.69) is 10.2 Å². The summed E-state index contributed by atoms with van der Waals surface area (Å²) in [7, 11) is -7.47. The number of rotatable bonds is 16. The minimum atomic E-state index is -3.88. The molecule has 61 heavy (non-hydrogen) atoms. The Balaban J connectivity index is 0.000000238. The molecule has 15 nitrogen and oxygen atoms in total. The second-order valence-corrected chi connectivity index (χ2v) is 18.7. The van der Waals surface area contributed by atoms with Crippen LogP contribution in [0.2, 0.25) is 0 Å². The number of non-ortho nitro benzene ring substituents is 1. The van der Waals surface area contributed by atoms with Crippen LogP contribution in [0.1, 0.15) is 61.9 Å². The number of hydrogen-bond donors (Lipinski definition) is 1. The highest BCUT2D eigenvalue weighted by atomic mass is 32.2. The summed E-state index contributed by atoms with van der Waals surface area (Å²) < 4.78 is 71.9. The van der Waals surface area contributed by atoms with Gasteiger partial charge in [-0.15, -0.1) is 0 Å². The van der Waals surface area contributed by atoms with Crippen molar-refractivity contribution in [2.24, 2.45) is 0 Å². The first-order valence-electron chi connectivity index (χ1n) is 20.4. The highest BCUT2D eigenvalue weighted by molar-refractivity contribution is 7.89. The third-order valence-corrected chi connectivity index (χ3v) is 15.5. The monoisotopic (exact) mass is 879 g/mol. The van der Waals surface area contributed by atoms with Crippen LogP contribution in [0.5, 0.6) is 17.2 Å². The first-order chi connectivity index (χ1) is 28.9. The fourth-order valence-corrected chi connectivity index (χ4v) is 11.0. The highest BCUT2D eigenvalue weighted by Gasteiger charge is 2.34. The number of fused-ring (bicyclic) bond motifs is 1. The van der Waals surface area contributed by atoms with Gasteiger partial charge in [-0.25, -0.2) is 16.8 Å². The summed E-state index contributed by atoms with van der Waals surface area (Å²) in [6, 6.07) is 18.4. The molecule has 1 saturated heterocycles. The van der Waals surface area contributed by atoms with Crippen LogP contribution in [0, 0.1) is 37.8 Å². The molecule has 2 aliphatic rings. The van der Waals surface area contributed by atoms with Crippen molar-refractivity contribution in [3.05, 3.63) is 105 Å². The molecule has 1 N–H and O–H groups in total. The minimum absolute atomic E-state index is 0.130. The summed E-state index contributed by atoms with van der Waals surface area (Å²) in [5, 5.41) is 14.2. The number of hydrogen-bond acceptors (Lipinski definition) is 12. The number of ether oxygens (including phenoxy) is 3. The molecule has 0 aliphatic carbocycles. The zero-order chi connectivity index (χ0) is 44.6. The number of aryl methyl sites for hydroxylation is 3. The maximum atomic E-state index is 13.5. The number of benzene rings is 4. The lowest BCUT2D eigenvalue weighted by Gasteiger charge is -2.37. The van der Waals surface area contributed by atoms with Crippen LogP contribution < -0.4 is 19.5 Å². The predicted molar refractivity (Wildman–Crippen MR) is 235 cm³/mol. The van der Waals surface area contributed by atoms with Gasteiger partial charge in [0.1, 0.15) is 16.4 Å². The van der Waals surface area contributed by atoms with Gasteiger partial charge in [-0.2, -0.15) is 8.61 Å². The maximum absolute atomic E-state index is 13.5. The number of ketones is 1. The normalized spacial score (nSPS) is 14.9. The number of nitro benzene ring substituents is 1. The number of carbonyl (C=O) groups excluding carboxylic acids is 1. The van der Waals surface area contributed by atoms with Crippen molar-refractivity contribution in [2.45, 2.75) is 84.1 Å². The number of nitrogens with zero attached hydrogens (tertiary/aromatic N) is 4. The van der Waals surface area contributed by atoms with E-state index in [1.54, 1.807) is 42.4 Å². The maximum Gasteiger partial charge on any atom is 0.270 e.